The predicted octanol–water partition coefficient (Wildman–Crippen LogP) is 0.420. The number of nitriles is 1. The second-order valence-corrected chi connectivity index (χ2v) is 3.36. The van der Waals surface area contributed by atoms with Crippen LogP contribution < -0.4 is 11.1 Å². The number of rotatable bonds is 4. The quantitative estimate of drug-likeness (QED) is 0.766. The maximum atomic E-state index is 11.7. The van der Waals surface area contributed by atoms with Gasteiger partial charge in [0.05, 0.1) is 5.56 Å². The van der Waals surface area contributed by atoms with E-state index in [0.29, 0.717) is 17.8 Å². The number of hydrogen-bond acceptors (Lipinski definition) is 4. The minimum atomic E-state index is -0.262. The molecule has 84 valence electrons. The van der Waals surface area contributed by atoms with E-state index in [1.807, 2.05) is 13.0 Å². The second kappa shape index (κ2) is 5.83. The lowest BCUT2D eigenvalue weighted by Crippen LogP contribution is -2.39. The van der Waals surface area contributed by atoms with Gasteiger partial charge in [0, 0.05) is 18.8 Å². The molecule has 1 atom stereocenters. The molecule has 0 fully saturated rings. The molecule has 16 heavy (non-hydrogen) atoms. The molecular formula is C11H14N4O. The van der Waals surface area contributed by atoms with Crippen molar-refractivity contribution in [3.05, 3.63) is 29.6 Å². The third-order valence-corrected chi connectivity index (χ3v) is 2.24. The molecule has 0 aliphatic heterocycles. The normalized spacial score (nSPS) is 11.6. The van der Waals surface area contributed by atoms with Crippen LogP contribution in [0.1, 0.15) is 29.4 Å². The van der Waals surface area contributed by atoms with Gasteiger partial charge < -0.3 is 11.1 Å². The van der Waals surface area contributed by atoms with Crippen molar-refractivity contribution in [2.45, 2.75) is 19.4 Å². The van der Waals surface area contributed by atoms with E-state index >= 15 is 0 Å². The maximum absolute atomic E-state index is 11.7. The third kappa shape index (κ3) is 3.04. The molecule has 0 bridgehead atoms. The van der Waals surface area contributed by atoms with Gasteiger partial charge in [0.2, 0.25) is 0 Å². The fourth-order valence-corrected chi connectivity index (χ4v) is 1.18. The number of carbonyl (C=O) groups is 1. The van der Waals surface area contributed by atoms with Crippen LogP contribution in [0.25, 0.3) is 0 Å². The zero-order valence-electron chi connectivity index (χ0n) is 9.10. The lowest BCUT2D eigenvalue weighted by molar-refractivity contribution is 0.0932. The number of carbonyl (C=O) groups excluding carboxylic acids is 1. The van der Waals surface area contributed by atoms with Crippen molar-refractivity contribution in [1.82, 2.24) is 10.3 Å². The van der Waals surface area contributed by atoms with Crippen molar-refractivity contribution >= 4 is 5.91 Å². The molecule has 0 radical (unpaired) electrons. The van der Waals surface area contributed by atoms with Crippen LogP contribution in [-0.2, 0) is 0 Å². The first-order valence-corrected chi connectivity index (χ1v) is 5.08. The van der Waals surface area contributed by atoms with Gasteiger partial charge in [0.1, 0.15) is 11.8 Å². The molecule has 0 aromatic carbocycles. The summed E-state index contributed by atoms with van der Waals surface area (Å²) in [5.41, 5.74) is 6.21. The fourth-order valence-electron chi connectivity index (χ4n) is 1.18. The molecule has 1 aromatic heterocycles. The Morgan fingerprint density at radius 3 is 2.88 bits per heavy atom. The highest BCUT2D eigenvalue weighted by Crippen LogP contribution is 1.99. The molecule has 0 aliphatic carbocycles. The smallest absolute Gasteiger partial charge is 0.270 e. The van der Waals surface area contributed by atoms with E-state index in [9.17, 15) is 4.79 Å². The molecule has 0 aliphatic rings. The Balaban J connectivity index is 2.70. The summed E-state index contributed by atoms with van der Waals surface area (Å²) in [6.07, 6.45) is 2.15. The number of nitrogens with one attached hydrogen (secondary N) is 1. The van der Waals surface area contributed by atoms with E-state index in [2.05, 4.69) is 10.3 Å². The van der Waals surface area contributed by atoms with E-state index < -0.39 is 0 Å². The van der Waals surface area contributed by atoms with E-state index in [1.165, 1.54) is 12.3 Å². The lowest BCUT2D eigenvalue weighted by atomic mass is 10.2. The highest BCUT2D eigenvalue weighted by molar-refractivity contribution is 5.92. The minimum Gasteiger partial charge on any atom is -0.347 e. The molecular weight excluding hydrogens is 204 g/mol. The van der Waals surface area contributed by atoms with Gasteiger partial charge in [0.25, 0.3) is 5.91 Å². The van der Waals surface area contributed by atoms with Crippen molar-refractivity contribution in [2.75, 3.05) is 6.54 Å². The molecule has 3 N–H and O–H groups in total. The van der Waals surface area contributed by atoms with Crippen molar-refractivity contribution in [2.24, 2.45) is 5.73 Å². The Labute approximate surface area is 94.3 Å². The first-order valence-electron chi connectivity index (χ1n) is 5.08. The molecule has 1 amide bonds. The Morgan fingerprint density at radius 1 is 1.69 bits per heavy atom. The lowest BCUT2D eigenvalue weighted by Gasteiger charge is -2.13. The average Bonchev–Trinajstić information content (AvgIpc) is 2.35. The summed E-state index contributed by atoms with van der Waals surface area (Å²) in [4.78, 5) is 15.6. The Hall–Kier alpha value is -1.93. The summed E-state index contributed by atoms with van der Waals surface area (Å²) in [7, 11) is 0. The number of nitrogens with two attached hydrogens (primary N) is 1. The van der Waals surface area contributed by atoms with Crippen molar-refractivity contribution in [1.29, 1.82) is 5.26 Å². The van der Waals surface area contributed by atoms with Crippen LogP contribution in [0.5, 0.6) is 0 Å². The molecule has 1 rings (SSSR count). The number of amides is 1. The Morgan fingerprint density at radius 2 is 2.44 bits per heavy atom. The largest absolute Gasteiger partial charge is 0.347 e. The number of aromatic nitrogens is 1. The molecule has 1 aromatic rings. The molecule has 5 nitrogen and oxygen atoms in total. The topological polar surface area (TPSA) is 91.8 Å². The highest BCUT2D eigenvalue weighted by Gasteiger charge is 2.11. The number of hydrogen-bond donors (Lipinski definition) is 2. The molecule has 0 saturated carbocycles. The van der Waals surface area contributed by atoms with E-state index in [0.717, 1.165) is 6.42 Å². The summed E-state index contributed by atoms with van der Waals surface area (Å²) < 4.78 is 0. The van der Waals surface area contributed by atoms with Crippen LogP contribution in [0.15, 0.2) is 18.3 Å². The number of pyridine rings is 1. The van der Waals surface area contributed by atoms with Crippen LogP contribution in [0.2, 0.25) is 0 Å². The van der Waals surface area contributed by atoms with Crippen LogP contribution in [0.3, 0.4) is 0 Å². The van der Waals surface area contributed by atoms with Crippen LogP contribution >= 0.6 is 0 Å². The van der Waals surface area contributed by atoms with Gasteiger partial charge in [-0.1, -0.05) is 6.92 Å². The van der Waals surface area contributed by atoms with E-state index in [4.69, 9.17) is 11.0 Å². The molecule has 5 heteroatoms. The summed E-state index contributed by atoms with van der Waals surface area (Å²) in [6.45, 7) is 2.35. The van der Waals surface area contributed by atoms with Crippen molar-refractivity contribution < 1.29 is 4.79 Å². The zero-order chi connectivity index (χ0) is 12.0. The van der Waals surface area contributed by atoms with Crippen LogP contribution in [0, 0.1) is 11.3 Å². The third-order valence-electron chi connectivity index (χ3n) is 2.24. The molecule has 1 heterocycles. The maximum Gasteiger partial charge on any atom is 0.270 e. The average molecular weight is 218 g/mol. The van der Waals surface area contributed by atoms with Gasteiger partial charge in [-0.05, 0) is 18.6 Å². The zero-order valence-corrected chi connectivity index (χ0v) is 9.10. The second-order valence-electron chi connectivity index (χ2n) is 3.36. The standard InChI is InChI=1S/C11H14N4O/c1-2-9(6-13)15-11(16)10-4-3-8(5-12)7-14-10/h3-4,7,9H,2,6,13H2,1H3,(H,15,16). The van der Waals surface area contributed by atoms with Gasteiger partial charge >= 0.3 is 0 Å². The number of nitrogens with zero attached hydrogens (tertiary/aromatic N) is 2. The predicted molar refractivity (Wildman–Crippen MR) is 59.6 cm³/mol. The Kier molecular flexibility index (Phi) is 4.42. The Bertz CT molecular complexity index is 389. The van der Waals surface area contributed by atoms with Crippen LogP contribution in [0.4, 0.5) is 0 Å². The minimum absolute atomic E-state index is 0.0371. The highest BCUT2D eigenvalue weighted by atomic mass is 16.1. The molecule has 1 unspecified atom stereocenters. The van der Waals surface area contributed by atoms with E-state index in [-0.39, 0.29) is 11.9 Å². The first kappa shape index (κ1) is 12.1. The van der Waals surface area contributed by atoms with Crippen molar-refractivity contribution in [3.8, 4) is 6.07 Å². The molecule has 0 spiro atoms. The SMILES string of the molecule is CCC(CN)NC(=O)c1ccc(C#N)cn1. The summed E-state index contributed by atoms with van der Waals surface area (Å²) in [6, 6.07) is 4.99. The van der Waals surface area contributed by atoms with Gasteiger partial charge in [-0.15, -0.1) is 0 Å². The van der Waals surface area contributed by atoms with Crippen molar-refractivity contribution in [3.63, 3.8) is 0 Å². The summed E-state index contributed by atoms with van der Waals surface area (Å²) >= 11 is 0. The first-order chi connectivity index (χ1) is 7.71. The van der Waals surface area contributed by atoms with Gasteiger partial charge in [-0.2, -0.15) is 5.26 Å². The molecule has 0 saturated heterocycles. The monoisotopic (exact) mass is 218 g/mol. The fraction of sp³-hybridized carbons (Fsp3) is 0.364. The van der Waals surface area contributed by atoms with Gasteiger partial charge in [-0.25, -0.2) is 4.98 Å². The van der Waals surface area contributed by atoms with Gasteiger partial charge in [-0.3, -0.25) is 4.79 Å². The van der Waals surface area contributed by atoms with Crippen LogP contribution in [-0.4, -0.2) is 23.5 Å². The van der Waals surface area contributed by atoms with E-state index in [1.54, 1.807) is 6.07 Å². The van der Waals surface area contributed by atoms with Gasteiger partial charge in [0.15, 0.2) is 0 Å². The summed E-state index contributed by atoms with van der Waals surface area (Å²) in [5, 5.41) is 11.3. The summed E-state index contributed by atoms with van der Waals surface area (Å²) in [5.74, 6) is -0.262.